The van der Waals surface area contributed by atoms with E-state index in [1.54, 1.807) is 0 Å². The molecule has 0 N–H and O–H groups in total. The molecule has 117 heavy (non-hydrogen) atoms. The molecular weight excluding hydrogens is 1450 g/mol. The number of hydrogen-bond donors (Lipinski definition) is 0. The minimum absolute atomic E-state index is 1.18. The van der Waals surface area contributed by atoms with E-state index in [9.17, 15) is 0 Å². The molecule has 1 nitrogen and oxygen atoms in total. The topological polar surface area (TPSA) is 4.93 Å². The van der Waals surface area contributed by atoms with E-state index in [2.05, 4.69) is 435 Å². The smallest absolute Gasteiger partial charge is 0.0541 e. The fourth-order valence-electron chi connectivity index (χ4n) is 18.8. The van der Waals surface area contributed by atoms with Crippen LogP contribution in [-0.4, -0.2) is 4.57 Å². The highest BCUT2D eigenvalue weighted by Crippen LogP contribution is 2.48. The van der Waals surface area contributed by atoms with Gasteiger partial charge in [0.25, 0.3) is 0 Å². The van der Waals surface area contributed by atoms with Crippen molar-refractivity contribution in [3.63, 3.8) is 0 Å². The highest BCUT2D eigenvalue weighted by atomic mass is 32.1. The molecule has 0 aliphatic heterocycles. The summed E-state index contributed by atoms with van der Waals surface area (Å²) in [6.45, 7) is 0. The quantitative estimate of drug-likeness (QED) is 0.140. The van der Waals surface area contributed by atoms with Gasteiger partial charge in [-0.1, -0.05) is 346 Å². The van der Waals surface area contributed by atoms with Crippen LogP contribution in [0.1, 0.15) is 0 Å². The van der Waals surface area contributed by atoms with Crippen LogP contribution >= 0.6 is 22.7 Å². The summed E-state index contributed by atoms with van der Waals surface area (Å²) in [5, 5.41) is 31.5. The number of hydrogen-bond acceptors (Lipinski definition) is 2. The van der Waals surface area contributed by atoms with E-state index in [0.717, 1.165) is 0 Å². The fraction of sp³-hybridized carbons (Fsp3) is 0. The number of thiophene rings is 2. The molecule has 0 aliphatic carbocycles. The highest BCUT2D eigenvalue weighted by Gasteiger charge is 2.20. The van der Waals surface area contributed by atoms with E-state index in [0.29, 0.717) is 0 Å². The lowest BCUT2D eigenvalue weighted by Crippen LogP contribution is -1.92. The lowest BCUT2D eigenvalue weighted by atomic mass is 9.90. The summed E-state index contributed by atoms with van der Waals surface area (Å²) in [5.41, 5.74) is 18.6. The first-order chi connectivity index (χ1) is 58.0. The molecule has 25 aromatic rings. The number of rotatable bonds is 7. The summed E-state index contributed by atoms with van der Waals surface area (Å²) in [5.74, 6) is 0. The maximum atomic E-state index is 2.40. The van der Waals surface area contributed by atoms with Gasteiger partial charge in [-0.2, -0.15) is 0 Å². The molecule has 0 bridgehead atoms. The molecule has 0 radical (unpaired) electrons. The van der Waals surface area contributed by atoms with Crippen LogP contribution in [0.2, 0.25) is 0 Å². The molecule has 544 valence electrons. The van der Waals surface area contributed by atoms with E-state index in [1.165, 1.54) is 232 Å². The molecule has 0 atom stereocenters. The van der Waals surface area contributed by atoms with Crippen molar-refractivity contribution in [2.24, 2.45) is 0 Å². The van der Waals surface area contributed by atoms with E-state index in [4.69, 9.17) is 0 Å². The van der Waals surface area contributed by atoms with Crippen molar-refractivity contribution in [1.82, 2.24) is 4.57 Å². The van der Waals surface area contributed by atoms with Gasteiger partial charge in [0.2, 0.25) is 0 Å². The highest BCUT2D eigenvalue weighted by molar-refractivity contribution is 7.26. The monoisotopic (exact) mass is 1520 g/mol. The molecule has 0 spiro atoms. The standard InChI is InChI=1S/C42H27N.C42H26S.C30H18S/c1-2-13-32(14-3-1)43-41-20-9-8-19-38(41)40-27-31(22-24-42(40)43)29-12-10-11-28(25-29)30-21-23-37-35-17-5-4-15-33(35)34-16-6-7-18-36(34)39(37)26-30;1-2-11-27(12-3-1)29-23-30(25-31(24-29)32-18-10-19-39-38-17-8-9-20-41(38)43-42(32)39)28-21-22-37-35-15-5-4-13-33(35)34-14-6-7-16-36(34)40(37)26-28;1-2-10-23-21(8-1)22-9-3-4-11-24(22)28-18-19(16-17-25(23)28)20-13-7-14-27-26-12-5-6-15-29(26)31-30(20)27/h1-27H;1-26H;1-18H. The molecule has 3 heteroatoms. The molecule has 3 aromatic heterocycles. The largest absolute Gasteiger partial charge is 0.309 e. The molecule has 0 fully saturated rings. The second kappa shape index (κ2) is 28.2. The summed E-state index contributed by atoms with van der Waals surface area (Å²) >= 11 is 3.79. The van der Waals surface area contributed by atoms with Crippen molar-refractivity contribution >= 4 is 182 Å². The van der Waals surface area contributed by atoms with Gasteiger partial charge in [0.15, 0.2) is 0 Å². The van der Waals surface area contributed by atoms with E-state index in [-0.39, 0.29) is 0 Å². The van der Waals surface area contributed by atoms with Gasteiger partial charge in [0.05, 0.1) is 11.0 Å². The molecule has 25 rings (SSSR count). The van der Waals surface area contributed by atoms with Crippen molar-refractivity contribution in [2.45, 2.75) is 0 Å². The predicted molar refractivity (Wildman–Crippen MR) is 510 cm³/mol. The van der Waals surface area contributed by atoms with Crippen molar-refractivity contribution in [3.05, 3.63) is 431 Å². The zero-order valence-corrected chi connectivity index (χ0v) is 65.4. The summed E-state index contributed by atoms with van der Waals surface area (Å²) in [7, 11) is 0. The second-order valence-electron chi connectivity index (χ2n) is 30.8. The van der Waals surface area contributed by atoms with Gasteiger partial charge in [-0.15, -0.1) is 22.7 Å². The summed E-state index contributed by atoms with van der Waals surface area (Å²) in [6, 6.07) is 158. The van der Waals surface area contributed by atoms with Crippen LogP contribution in [0.25, 0.3) is 232 Å². The normalized spacial score (nSPS) is 11.8. The van der Waals surface area contributed by atoms with Crippen LogP contribution in [0.4, 0.5) is 0 Å². The van der Waals surface area contributed by atoms with Crippen molar-refractivity contribution in [3.8, 4) is 72.4 Å². The van der Waals surface area contributed by atoms with Gasteiger partial charge in [0, 0.05) is 56.8 Å². The van der Waals surface area contributed by atoms with Crippen molar-refractivity contribution < 1.29 is 0 Å². The second-order valence-corrected chi connectivity index (χ2v) is 32.9. The van der Waals surface area contributed by atoms with Gasteiger partial charge in [-0.25, -0.2) is 0 Å². The molecule has 0 aliphatic rings. The molecule has 22 aromatic carbocycles. The van der Waals surface area contributed by atoms with E-state index < -0.39 is 0 Å². The van der Waals surface area contributed by atoms with Gasteiger partial charge < -0.3 is 4.57 Å². The first-order valence-electron chi connectivity index (χ1n) is 40.2. The Labute approximate surface area is 684 Å². The third kappa shape index (κ3) is 11.6. The SMILES string of the molecule is c1ccc(-c2cc(-c3ccc4c5ccccc5c5ccccc5c4c3)cc(-c3cccc4c3sc3ccccc34)c2)cc1.c1ccc(-n2c3ccccc3c3cc(-c4cccc(-c5ccc6c7ccccc7c7ccccc7c6c5)c4)ccc32)cc1.c1ccc2c(c1)sc1c(-c3ccc4c5ccccc5c5ccccc5c4c3)cccc12. The third-order valence-electron chi connectivity index (χ3n) is 24.3. The Hall–Kier alpha value is -14.6. The number of benzene rings is 22. The zero-order chi connectivity index (χ0) is 77.0. The molecule has 0 amide bonds. The average Bonchev–Trinajstić information content (AvgIpc) is 1.72. The number of nitrogens with zero attached hydrogens (tertiary/aromatic N) is 1. The third-order valence-corrected chi connectivity index (χ3v) is 26.7. The van der Waals surface area contributed by atoms with Crippen LogP contribution in [-0.2, 0) is 0 Å². The van der Waals surface area contributed by atoms with Gasteiger partial charge in [0.1, 0.15) is 0 Å². The zero-order valence-electron chi connectivity index (χ0n) is 63.8. The molecule has 0 saturated heterocycles. The van der Waals surface area contributed by atoms with Crippen LogP contribution < -0.4 is 0 Å². The molecule has 0 saturated carbocycles. The number of para-hydroxylation sites is 2. The van der Waals surface area contributed by atoms with Gasteiger partial charge in [-0.3, -0.25) is 0 Å². The Kier molecular flexibility index (Phi) is 16.4. The minimum atomic E-state index is 1.18. The maximum absolute atomic E-state index is 2.40. The lowest BCUT2D eigenvalue weighted by Gasteiger charge is -2.14. The number of aromatic nitrogens is 1. The summed E-state index contributed by atoms with van der Waals surface area (Å²) in [6.07, 6.45) is 0. The van der Waals surface area contributed by atoms with Crippen molar-refractivity contribution in [1.29, 1.82) is 0 Å². The Morgan fingerprint density at radius 3 is 0.872 bits per heavy atom. The van der Waals surface area contributed by atoms with Crippen LogP contribution in [0, 0.1) is 0 Å². The van der Waals surface area contributed by atoms with Crippen molar-refractivity contribution in [2.75, 3.05) is 0 Å². The maximum Gasteiger partial charge on any atom is 0.0541 e. The lowest BCUT2D eigenvalue weighted by molar-refractivity contribution is 1.18. The molecule has 0 unspecified atom stereocenters. The predicted octanol–water partition coefficient (Wildman–Crippen LogP) is 33.3. The van der Waals surface area contributed by atoms with Crippen LogP contribution in [0.15, 0.2) is 431 Å². The van der Waals surface area contributed by atoms with E-state index >= 15 is 0 Å². The fourth-order valence-corrected chi connectivity index (χ4v) is 21.3. The Morgan fingerprint density at radius 2 is 0.410 bits per heavy atom. The average molecular weight is 1520 g/mol. The Balaban J connectivity index is 0.000000105. The van der Waals surface area contributed by atoms with Gasteiger partial charge >= 0.3 is 0 Å². The van der Waals surface area contributed by atoms with Crippen LogP contribution in [0.5, 0.6) is 0 Å². The minimum Gasteiger partial charge on any atom is -0.309 e. The number of fused-ring (bicyclic) bond motifs is 27. The first-order valence-corrected chi connectivity index (χ1v) is 41.9. The molecule has 3 heterocycles. The first kappa shape index (κ1) is 68.1. The van der Waals surface area contributed by atoms with E-state index in [1.807, 2.05) is 22.7 Å². The Morgan fingerprint density at radius 1 is 0.137 bits per heavy atom. The summed E-state index contributed by atoms with van der Waals surface area (Å²) in [4.78, 5) is 0. The summed E-state index contributed by atoms with van der Waals surface area (Å²) < 4.78 is 7.76. The Bertz CT molecular complexity index is 8220. The molecular formula is C114H71NS2. The van der Waals surface area contributed by atoms with Gasteiger partial charge in [-0.05, 0) is 249 Å². The van der Waals surface area contributed by atoms with Crippen LogP contribution in [0.3, 0.4) is 0 Å².